The topological polar surface area (TPSA) is 101 Å². The van der Waals surface area contributed by atoms with Gasteiger partial charge in [-0.3, -0.25) is 24.0 Å². The SMILES string of the molecule is CC(=O)C(=O)C(CC(=O)[C@@H]1[C@@H]2[C@H](CN1C(=O)[C@@H](CC(=O)NC(C)(C)C)C(C)(C)C)C2(C)C)CC1CCC1. The maximum Gasteiger partial charge on any atom is 0.227 e. The maximum atomic E-state index is 14.0. The average Bonchev–Trinajstić information content (AvgIpc) is 3.06. The number of hydrogen-bond acceptors (Lipinski definition) is 5. The van der Waals surface area contributed by atoms with Gasteiger partial charge in [-0.05, 0) is 55.8 Å². The highest BCUT2D eigenvalue weighted by Crippen LogP contribution is 2.65. The smallest absolute Gasteiger partial charge is 0.227 e. The quantitative estimate of drug-likeness (QED) is 0.435. The van der Waals surface area contributed by atoms with E-state index < -0.39 is 40.4 Å². The molecule has 1 unspecified atom stereocenters. The molecule has 0 radical (unpaired) electrons. The molecular formula is C30H48N2O5. The Morgan fingerprint density at radius 3 is 2.03 bits per heavy atom. The van der Waals surface area contributed by atoms with E-state index in [2.05, 4.69) is 19.2 Å². The Bertz CT molecular complexity index is 950. The number of ketones is 3. The second-order valence-electron chi connectivity index (χ2n) is 14.6. The van der Waals surface area contributed by atoms with Gasteiger partial charge in [-0.15, -0.1) is 0 Å². The maximum absolute atomic E-state index is 14.0. The summed E-state index contributed by atoms with van der Waals surface area (Å²) in [7, 11) is 0. The molecular weight excluding hydrogens is 468 g/mol. The number of hydrogen-bond donors (Lipinski definition) is 1. The Morgan fingerprint density at radius 2 is 1.57 bits per heavy atom. The van der Waals surface area contributed by atoms with Crippen LogP contribution in [-0.2, 0) is 24.0 Å². The van der Waals surface area contributed by atoms with Gasteiger partial charge in [0.05, 0.1) is 12.0 Å². The van der Waals surface area contributed by atoms with Crippen molar-refractivity contribution in [3.05, 3.63) is 0 Å². The van der Waals surface area contributed by atoms with E-state index in [9.17, 15) is 24.0 Å². The molecule has 1 aliphatic heterocycles. The van der Waals surface area contributed by atoms with Crippen molar-refractivity contribution in [3.63, 3.8) is 0 Å². The van der Waals surface area contributed by atoms with Crippen LogP contribution in [0.15, 0.2) is 0 Å². The molecule has 3 rings (SSSR count). The molecule has 37 heavy (non-hydrogen) atoms. The molecule has 3 aliphatic rings. The molecule has 208 valence electrons. The van der Waals surface area contributed by atoms with Gasteiger partial charge in [-0.1, -0.05) is 53.9 Å². The predicted molar refractivity (Wildman–Crippen MR) is 142 cm³/mol. The van der Waals surface area contributed by atoms with Crippen molar-refractivity contribution in [1.29, 1.82) is 0 Å². The van der Waals surface area contributed by atoms with Gasteiger partial charge in [-0.2, -0.15) is 0 Å². The lowest BCUT2D eigenvalue weighted by Crippen LogP contribution is -2.52. The summed E-state index contributed by atoms with van der Waals surface area (Å²) in [4.78, 5) is 67.1. The van der Waals surface area contributed by atoms with Gasteiger partial charge in [0.2, 0.25) is 17.6 Å². The van der Waals surface area contributed by atoms with Crippen LogP contribution in [0.2, 0.25) is 0 Å². The first-order chi connectivity index (χ1) is 16.8. The van der Waals surface area contributed by atoms with E-state index in [4.69, 9.17) is 0 Å². The summed E-state index contributed by atoms with van der Waals surface area (Å²) in [5.74, 6) is -1.94. The van der Waals surface area contributed by atoms with Crippen LogP contribution in [-0.4, -0.2) is 52.2 Å². The summed E-state index contributed by atoms with van der Waals surface area (Å²) < 4.78 is 0. The van der Waals surface area contributed by atoms with E-state index in [-0.39, 0.29) is 47.7 Å². The monoisotopic (exact) mass is 516 g/mol. The molecule has 2 amide bonds. The van der Waals surface area contributed by atoms with E-state index >= 15 is 0 Å². The second-order valence-corrected chi connectivity index (χ2v) is 14.6. The van der Waals surface area contributed by atoms with Crippen molar-refractivity contribution in [2.24, 2.45) is 40.4 Å². The van der Waals surface area contributed by atoms with Gasteiger partial charge in [-0.25, -0.2) is 0 Å². The lowest BCUT2D eigenvalue weighted by atomic mass is 9.75. The van der Waals surface area contributed by atoms with Gasteiger partial charge in [0.15, 0.2) is 11.6 Å². The van der Waals surface area contributed by atoms with Gasteiger partial charge >= 0.3 is 0 Å². The third-order valence-corrected chi connectivity index (χ3v) is 9.08. The Labute approximate surface area is 222 Å². The molecule has 3 fully saturated rings. The first kappa shape index (κ1) is 29.5. The van der Waals surface area contributed by atoms with E-state index in [0.29, 0.717) is 18.9 Å². The number of amides is 2. The van der Waals surface area contributed by atoms with Crippen molar-refractivity contribution in [3.8, 4) is 0 Å². The molecule has 0 bridgehead atoms. The number of likely N-dealkylation sites (tertiary alicyclic amines) is 1. The van der Waals surface area contributed by atoms with Crippen LogP contribution >= 0.6 is 0 Å². The van der Waals surface area contributed by atoms with Crippen LogP contribution in [0.5, 0.6) is 0 Å². The summed E-state index contributed by atoms with van der Waals surface area (Å²) in [6, 6.07) is -0.605. The van der Waals surface area contributed by atoms with E-state index in [1.807, 2.05) is 41.5 Å². The number of nitrogens with one attached hydrogen (secondary N) is 1. The minimum Gasteiger partial charge on any atom is -0.351 e. The number of fused-ring (bicyclic) bond motifs is 1. The largest absolute Gasteiger partial charge is 0.351 e. The zero-order chi connectivity index (χ0) is 28.1. The number of rotatable bonds is 10. The average molecular weight is 517 g/mol. The zero-order valence-corrected chi connectivity index (χ0v) is 24.4. The van der Waals surface area contributed by atoms with Crippen LogP contribution in [0.3, 0.4) is 0 Å². The molecule has 0 aromatic rings. The van der Waals surface area contributed by atoms with Crippen molar-refractivity contribution in [2.45, 2.75) is 112 Å². The van der Waals surface area contributed by atoms with Crippen LogP contribution in [0.25, 0.3) is 0 Å². The van der Waals surface area contributed by atoms with Gasteiger partial charge in [0.25, 0.3) is 0 Å². The molecule has 7 nitrogen and oxygen atoms in total. The fourth-order valence-corrected chi connectivity index (χ4v) is 6.57. The fraction of sp³-hybridized carbons (Fsp3) is 0.833. The van der Waals surface area contributed by atoms with E-state index in [0.717, 1.165) is 19.3 Å². The lowest BCUT2D eigenvalue weighted by Gasteiger charge is -2.38. The molecule has 1 N–H and O–H groups in total. The van der Waals surface area contributed by atoms with E-state index in [1.54, 1.807) is 4.90 Å². The molecule has 0 aromatic heterocycles. The van der Waals surface area contributed by atoms with Crippen LogP contribution in [0.4, 0.5) is 0 Å². The van der Waals surface area contributed by atoms with Crippen molar-refractivity contribution >= 4 is 29.2 Å². The molecule has 2 saturated carbocycles. The summed E-state index contributed by atoms with van der Waals surface area (Å²) in [6.45, 7) is 17.6. The van der Waals surface area contributed by atoms with Crippen molar-refractivity contribution in [2.75, 3.05) is 6.54 Å². The molecule has 5 atom stereocenters. The van der Waals surface area contributed by atoms with Crippen molar-refractivity contribution in [1.82, 2.24) is 10.2 Å². The van der Waals surface area contributed by atoms with E-state index in [1.165, 1.54) is 6.92 Å². The Kier molecular flexibility index (Phi) is 8.18. The highest BCUT2D eigenvalue weighted by atomic mass is 16.2. The summed E-state index contributed by atoms with van der Waals surface area (Å²) in [6.07, 6.45) is 3.83. The first-order valence-corrected chi connectivity index (χ1v) is 14.0. The molecule has 0 aromatic carbocycles. The number of Topliss-reactive ketones (excluding diaryl/α,β-unsaturated/α-hetero) is 3. The Balaban J connectivity index is 1.83. The van der Waals surface area contributed by atoms with Gasteiger partial charge < -0.3 is 10.2 Å². The van der Waals surface area contributed by atoms with Crippen molar-refractivity contribution < 1.29 is 24.0 Å². The van der Waals surface area contributed by atoms with Crippen LogP contribution < -0.4 is 5.32 Å². The Hall–Kier alpha value is -2.05. The number of carbonyl (C=O) groups is 5. The third-order valence-electron chi connectivity index (χ3n) is 9.08. The van der Waals surface area contributed by atoms with Crippen LogP contribution in [0.1, 0.15) is 101 Å². The number of nitrogens with zero attached hydrogens (tertiary/aromatic N) is 1. The highest BCUT2D eigenvalue weighted by Gasteiger charge is 2.69. The first-order valence-electron chi connectivity index (χ1n) is 14.0. The predicted octanol–water partition coefficient (Wildman–Crippen LogP) is 4.36. The minimum atomic E-state index is -0.607. The summed E-state index contributed by atoms with van der Waals surface area (Å²) >= 11 is 0. The van der Waals surface area contributed by atoms with Gasteiger partial charge in [0.1, 0.15) is 0 Å². The number of piperidine rings is 1. The normalized spacial score (nSPS) is 26.5. The Morgan fingerprint density at radius 1 is 0.973 bits per heavy atom. The second kappa shape index (κ2) is 10.3. The zero-order valence-electron chi connectivity index (χ0n) is 24.4. The lowest BCUT2D eigenvalue weighted by molar-refractivity contribution is -0.148. The number of carbonyl (C=O) groups excluding carboxylic acids is 5. The fourth-order valence-electron chi connectivity index (χ4n) is 6.57. The van der Waals surface area contributed by atoms with Crippen LogP contribution in [0, 0.1) is 40.4 Å². The molecule has 1 heterocycles. The molecule has 0 spiro atoms. The molecule has 1 saturated heterocycles. The third kappa shape index (κ3) is 6.51. The van der Waals surface area contributed by atoms with Gasteiger partial charge in [0, 0.05) is 37.8 Å². The molecule has 7 heteroatoms. The summed E-state index contributed by atoms with van der Waals surface area (Å²) in [5, 5.41) is 2.96. The highest BCUT2D eigenvalue weighted by molar-refractivity contribution is 6.37. The minimum absolute atomic E-state index is 0.00730. The standard InChI is InChI=1S/C30H48N2O5/c1-17(33)26(36)19(13-18-11-10-12-18)14-22(34)25-24-21(30(24,8)9)16-32(25)27(37)20(28(2,3)4)15-23(35)31-29(5,6)7/h18-21,24-25H,10-16H2,1-9H3,(H,31,35)/t19?,20-,21+,24+,25-/m1/s1. The summed E-state index contributed by atoms with van der Waals surface area (Å²) in [5.41, 5.74) is -0.926. The molecule has 2 aliphatic carbocycles.